The van der Waals surface area contributed by atoms with Crippen LogP contribution in [-0.2, 0) is 22.5 Å². The average molecular weight is 459 g/mol. The molecule has 10 nitrogen and oxygen atoms in total. The number of hydrogen-bond acceptors (Lipinski definition) is 8. The molecule has 2 aromatic rings. The van der Waals surface area contributed by atoms with Crippen molar-refractivity contribution in [3.8, 4) is 0 Å². The van der Waals surface area contributed by atoms with Crippen LogP contribution in [0.4, 0.5) is 9.93 Å². The lowest BCUT2D eigenvalue weighted by atomic mass is 10.2. The smallest absolute Gasteiger partial charge is 0.409 e. The van der Waals surface area contributed by atoms with E-state index in [1.165, 1.54) is 11.3 Å². The van der Waals surface area contributed by atoms with Gasteiger partial charge in [-0.25, -0.2) is 9.78 Å². The van der Waals surface area contributed by atoms with Crippen LogP contribution >= 0.6 is 11.3 Å². The van der Waals surface area contributed by atoms with Gasteiger partial charge in [0.05, 0.1) is 18.8 Å². The van der Waals surface area contributed by atoms with Gasteiger partial charge < -0.3 is 14.5 Å². The number of nitrogens with zero attached hydrogens (tertiary/aromatic N) is 5. The third-order valence-electron chi connectivity index (χ3n) is 5.45. The first kappa shape index (κ1) is 22.2. The maximum Gasteiger partial charge on any atom is 0.409 e. The highest BCUT2D eigenvalue weighted by Crippen LogP contribution is 2.28. The molecule has 0 spiro atoms. The molecule has 0 aliphatic carbocycles. The number of thiazole rings is 1. The molecule has 2 aromatic heterocycles. The van der Waals surface area contributed by atoms with Crippen LogP contribution in [0.5, 0.6) is 0 Å². The van der Waals surface area contributed by atoms with E-state index in [-0.39, 0.29) is 17.9 Å². The standard InChI is InChI=1S/C21H26N6O4S/c1-2-31-21(30)27-11-9-26(10-12-27)18(28)14-25-8-6-15-17(13-25)32-20(23-15)24-19(29)16-5-3-4-7-22-16/h3-5,7H,2,6,8-14H2,1H3,(H,23,24,29). The summed E-state index contributed by atoms with van der Waals surface area (Å²) in [5, 5.41) is 3.36. The van der Waals surface area contributed by atoms with Gasteiger partial charge in [-0.3, -0.25) is 24.8 Å². The molecule has 11 heteroatoms. The SMILES string of the molecule is CCOC(=O)N1CCN(C(=O)CN2CCc3nc(NC(=O)c4ccccn4)sc3C2)CC1. The first-order valence-corrected chi connectivity index (χ1v) is 11.5. The lowest BCUT2D eigenvalue weighted by Gasteiger charge is -2.35. The maximum absolute atomic E-state index is 12.8. The Morgan fingerprint density at radius 1 is 1.12 bits per heavy atom. The predicted octanol–water partition coefficient (Wildman–Crippen LogP) is 1.45. The van der Waals surface area contributed by atoms with Crippen LogP contribution in [0.25, 0.3) is 0 Å². The Morgan fingerprint density at radius 2 is 1.91 bits per heavy atom. The van der Waals surface area contributed by atoms with E-state index in [9.17, 15) is 14.4 Å². The minimum absolute atomic E-state index is 0.0603. The van der Waals surface area contributed by atoms with Crippen molar-refractivity contribution >= 4 is 34.4 Å². The van der Waals surface area contributed by atoms with Gasteiger partial charge >= 0.3 is 6.09 Å². The zero-order chi connectivity index (χ0) is 22.5. The number of nitrogens with one attached hydrogen (secondary N) is 1. The number of carbonyl (C=O) groups is 3. The van der Waals surface area contributed by atoms with Crippen LogP contribution in [0, 0.1) is 0 Å². The lowest BCUT2D eigenvalue weighted by molar-refractivity contribution is -0.134. The molecule has 0 aromatic carbocycles. The highest BCUT2D eigenvalue weighted by atomic mass is 32.1. The van der Waals surface area contributed by atoms with Crippen molar-refractivity contribution in [2.75, 3.05) is 51.2 Å². The fourth-order valence-electron chi connectivity index (χ4n) is 3.74. The summed E-state index contributed by atoms with van der Waals surface area (Å²) in [6.07, 6.45) is 1.99. The Kier molecular flexibility index (Phi) is 6.96. The molecule has 0 saturated carbocycles. The van der Waals surface area contributed by atoms with E-state index in [4.69, 9.17) is 4.74 Å². The van der Waals surface area contributed by atoms with Gasteiger partial charge in [0.15, 0.2) is 5.13 Å². The lowest BCUT2D eigenvalue weighted by Crippen LogP contribution is -2.53. The van der Waals surface area contributed by atoms with Gasteiger partial charge in [0.2, 0.25) is 5.91 Å². The van der Waals surface area contributed by atoms with Crippen LogP contribution in [-0.4, -0.2) is 88.5 Å². The van der Waals surface area contributed by atoms with Crippen molar-refractivity contribution in [1.82, 2.24) is 24.7 Å². The second kappa shape index (κ2) is 10.0. The van der Waals surface area contributed by atoms with E-state index < -0.39 is 0 Å². The highest BCUT2D eigenvalue weighted by molar-refractivity contribution is 7.15. The number of aromatic nitrogens is 2. The van der Waals surface area contributed by atoms with Gasteiger partial charge in [-0.2, -0.15) is 0 Å². The number of carbonyl (C=O) groups excluding carboxylic acids is 3. The molecule has 2 aliphatic heterocycles. The van der Waals surface area contributed by atoms with Crippen LogP contribution in [0.15, 0.2) is 24.4 Å². The number of hydrogen-bond donors (Lipinski definition) is 1. The fourth-order valence-corrected chi connectivity index (χ4v) is 4.79. The Bertz CT molecular complexity index is 974. The number of rotatable bonds is 5. The molecular formula is C21H26N6O4S. The minimum atomic E-state index is -0.320. The number of piperazine rings is 1. The third kappa shape index (κ3) is 5.22. The second-order valence-corrected chi connectivity index (χ2v) is 8.67. The number of amides is 3. The van der Waals surface area contributed by atoms with Crippen LogP contribution in [0.3, 0.4) is 0 Å². The van der Waals surface area contributed by atoms with E-state index in [1.54, 1.807) is 41.1 Å². The van der Waals surface area contributed by atoms with E-state index in [0.29, 0.717) is 56.7 Å². The summed E-state index contributed by atoms with van der Waals surface area (Å²) in [5.41, 5.74) is 1.31. The molecule has 4 rings (SSSR count). The molecule has 32 heavy (non-hydrogen) atoms. The van der Waals surface area contributed by atoms with E-state index >= 15 is 0 Å². The summed E-state index contributed by atoms with van der Waals surface area (Å²) in [6.45, 7) is 5.82. The molecular weight excluding hydrogens is 432 g/mol. The number of pyridine rings is 1. The van der Waals surface area contributed by atoms with E-state index in [2.05, 4.69) is 20.2 Å². The minimum Gasteiger partial charge on any atom is -0.450 e. The van der Waals surface area contributed by atoms with Gasteiger partial charge in [-0.1, -0.05) is 6.07 Å². The molecule has 4 heterocycles. The molecule has 2 aliphatic rings. The van der Waals surface area contributed by atoms with Crippen molar-refractivity contribution in [2.24, 2.45) is 0 Å². The summed E-state index contributed by atoms with van der Waals surface area (Å²) in [5.74, 6) is -0.226. The van der Waals surface area contributed by atoms with Crippen molar-refractivity contribution in [3.05, 3.63) is 40.7 Å². The zero-order valence-electron chi connectivity index (χ0n) is 18.0. The van der Waals surface area contributed by atoms with Crippen molar-refractivity contribution < 1.29 is 19.1 Å². The Labute approximate surface area is 190 Å². The van der Waals surface area contributed by atoms with E-state index in [0.717, 1.165) is 23.5 Å². The number of anilines is 1. The summed E-state index contributed by atoms with van der Waals surface area (Å²) in [6, 6.07) is 5.18. The van der Waals surface area contributed by atoms with Gasteiger partial charge in [0.25, 0.3) is 5.91 Å². The molecule has 0 bridgehead atoms. The zero-order valence-corrected chi connectivity index (χ0v) is 18.8. The summed E-state index contributed by atoms with van der Waals surface area (Å²) >= 11 is 1.44. The summed E-state index contributed by atoms with van der Waals surface area (Å²) < 4.78 is 5.02. The monoisotopic (exact) mass is 458 g/mol. The third-order valence-corrected chi connectivity index (χ3v) is 6.44. The highest BCUT2D eigenvalue weighted by Gasteiger charge is 2.28. The van der Waals surface area contributed by atoms with Crippen molar-refractivity contribution in [1.29, 1.82) is 0 Å². The van der Waals surface area contributed by atoms with Gasteiger partial charge in [0.1, 0.15) is 5.69 Å². The summed E-state index contributed by atoms with van der Waals surface area (Å²) in [7, 11) is 0. The van der Waals surface area contributed by atoms with Crippen LogP contribution < -0.4 is 5.32 Å². The Hall–Kier alpha value is -3.05. The predicted molar refractivity (Wildman–Crippen MR) is 118 cm³/mol. The largest absolute Gasteiger partial charge is 0.450 e. The first-order valence-electron chi connectivity index (χ1n) is 10.7. The average Bonchev–Trinajstić information content (AvgIpc) is 3.21. The molecule has 3 amide bonds. The molecule has 1 fully saturated rings. The number of fused-ring (bicyclic) bond motifs is 1. The van der Waals surface area contributed by atoms with Gasteiger partial charge in [0, 0.05) is 56.8 Å². The molecule has 1 saturated heterocycles. The fraction of sp³-hybridized carbons (Fsp3) is 0.476. The number of ether oxygens (including phenoxy) is 1. The van der Waals surface area contributed by atoms with Crippen molar-refractivity contribution in [2.45, 2.75) is 19.9 Å². The van der Waals surface area contributed by atoms with Gasteiger partial charge in [-0.15, -0.1) is 11.3 Å². The topological polar surface area (TPSA) is 108 Å². The molecule has 0 unspecified atom stereocenters. The molecule has 0 radical (unpaired) electrons. The van der Waals surface area contributed by atoms with Crippen molar-refractivity contribution in [3.63, 3.8) is 0 Å². The first-order chi connectivity index (χ1) is 15.5. The summed E-state index contributed by atoms with van der Waals surface area (Å²) in [4.78, 5) is 52.1. The Balaban J connectivity index is 1.28. The second-order valence-electron chi connectivity index (χ2n) is 7.59. The molecule has 0 atom stereocenters. The normalized spacial score (nSPS) is 16.4. The molecule has 170 valence electrons. The maximum atomic E-state index is 12.8. The molecule has 1 N–H and O–H groups in total. The van der Waals surface area contributed by atoms with Crippen LogP contribution in [0.2, 0.25) is 0 Å². The van der Waals surface area contributed by atoms with E-state index in [1.807, 2.05) is 0 Å². The van der Waals surface area contributed by atoms with Gasteiger partial charge in [-0.05, 0) is 19.1 Å². The Morgan fingerprint density at radius 3 is 2.62 bits per heavy atom. The van der Waals surface area contributed by atoms with Crippen LogP contribution in [0.1, 0.15) is 28.0 Å². The quantitative estimate of drug-likeness (QED) is 0.722.